The summed E-state index contributed by atoms with van der Waals surface area (Å²) in [5.41, 5.74) is 5.04. The van der Waals surface area contributed by atoms with E-state index in [1.807, 2.05) is 13.8 Å². The summed E-state index contributed by atoms with van der Waals surface area (Å²) in [5.74, 6) is -1.88. The van der Waals surface area contributed by atoms with E-state index >= 15 is 0 Å². The van der Waals surface area contributed by atoms with Gasteiger partial charge >= 0.3 is 12.0 Å². The lowest BCUT2D eigenvalue weighted by molar-refractivity contribution is -0.138. The Hall–Kier alpha value is -1.79. The highest BCUT2D eigenvalue weighted by Crippen LogP contribution is 2.29. The van der Waals surface area contributed by atoms with Crippen LogP contribution in [-0.2, 0) is 9.59 Å². The fraction of sp³-hybridized carbons (Fsp3) is 0.727. The van der Waals surface area contributed by atoms with Crippen LogP contribution in [0, 0.1) is 5.41 Å². The summed E-state index contributed by atoms with van der Waals surface area (Å²) in [6.07, 6.45) is 0.857. The quantitative estimate of drug-likeness (QED) is 0.722. The second kappa shape index (κ2) is 5.24. The Balaban J connectivity index is 2.70. The van der Waals surface area contributed by atoms with Crippen molar-refractivity contribution in [3.05, 3.63) is 0 Å². The van der Waals surface area contributed by atoms with Crippen molar-refractivity contribution < 1.29 is 19.5 Å². The number of urea groups is 1. The van der Waals surface area contributed by atoms with Crippen molar-refractivity contribution in [2.24, 2.45) is 11.1 Å². The van der Waals surface area contributed by atoms with Crippen molar-refractivity contribution in [2.45, 2.75) is 20.3 Å². The molecule has 1 fully saturated rings. The fourth-order valence-electron chi connectivity index (χ4n) is 2.02. The molecule has 3 amide bonds. The van der Waals surface area contributed by atoms with Gasteiger partial charge in [-0.3, -0.25) is 9.59 Å². The molecule has 0 aromatic carbocycles. The molecular weight excluding hydrogens is 238 g/mol. The number of nitrogens with two attached hydrogens (primary N) is 1. The molecule has 102 valence electrons. The molecule has 0 saturated carbocycles. The van der Waals surface area contributed by atoms with Crippen molar-refractivity contribution >= 4 is 17.9 Å². The van der Waals surface area contributed by atoms with E-state index in [4.69, 9.17) is 10.8 Å². The lowest BCUT2D eigenvalue weighted by Gasteiger charge is -2.26. The van der Waals surface area contributed by atoms with Crippen LogP contribution in [0.1, 0.15) is 20.3 Å². The first-order valence-corrected chi connectivity index (χ1v) is 5.75. The van der Waals surface area contributed by atoms with Crippen LogP contribution in [0.3, 0.4) is 0 Å². The first-order chi connectivity index (χ1) is 8.21. The van der Waals surface area contributed by atoms with Crippen LogP contribution < -0.4 is 5.73 Å². The van der Waals surface area contributed by atoms with Gasteiger partial charge in [0, 0.05) is 13.1 Å². The minimum atomic E-state index is -1.16. The molecule has 1 saturated heterocycles. The van der Waals surface area contributed by atoms with Gasteiger partial charge < -0.3 is 20.6 Å². The molecule has 1 aliphatic heterocycles. The van der Waals surface area contributed by atoms with Gasteiger partial charge in [0.2, 0.25) is 5.91 Å². The maximum absolute atomic E-state index is 12.1. The molecule has 0 aromatic heterocycles. The van der Waals surface area contributed by atoms with Gasteiger partial charge in [0.05, 0.1) is 0 Å². The zero-order valence-corrected chi connectivity index (χ0v) is 10.7. The highest BCUT2D eigenvalue weighted by Gasteiger charge is 2.34. The number of aliphatic carboxylic acids is 1. The number of hydrogen-bond acceptors (Lipinski definition) is 3. The van der Waals surface area contributed by atoms with Crippen LogP contribution in [0.2, 0.25) is 0 Å². The number of hydrogen-bond donors (Lipinski definition) is 2. The van der Waals surface area contributed by atoms with Gasteiger partial charge in [-0.15, -0.1) is 0 Å². The van der Waals surface area contributed by atoms with E-state index < -0.39 is 24.5 Å². The molecule has 18 heavy (non-hydrogen) atoms. The molecule has 0 atom stereocenters. The third-order valence-corrected chi connectivity index (χ3v) is 2.89. The lowest BCUT2D eigenvalue weighted by Crippen LogP contribution is -2.48. The van der Waals surface area contributed by atoms with E-state index in [1.165, 1.54) is 0 Å². The molecule has 0 aromatic rings. The van der Waals surface area contributed by atoms with Crippen LogP contribution in [0.4, 0.5) is 4.79 Å². The minimum absolute atomic E-state index is 0.0251. The zero-order chi connectivity index (χ0) is 13.9. The van der Waals surface area contributed by atoms with Crippen LogP contribution >= 0.6 is 0 Å². The van der Waals surface area contributed by atoms with Gasteiger partial charge in [0.1, 0.15) is 13.1 Å². The average molecular weight is 257 g/mol. The summed E-state index contributed by atoms with van der Waals surface area (Å²) in [6.45, 7) is 4.31. The summed E-state index contributed by atoms with van der Waals surface area (Å²) >= 11 is 0. The Morgan fingerprint density at radius 3 is 2.33 bits per heavy atom. The summed E-state index contributed by atoms with van der Waals surface area (Å²) < 4.78 is 0. The Labute approximate surface area is 106 Å². The number of carboxylic acid groups (broad SMARTS) is 1. The molecule has 1 aliphatic rings. The molecule has 0 spiro atoms. The first-order valence-electron chi connectivity index (χ1n) is 5.75. The van der Waals surface area contributed by atoms with Crippen molar-refractivity contribution in [2.75, 3.05) is 26.2 Å². The smallest absolute Gasteiger partial charge is 0.323 e. The van der Waals surface area contributed by atoms with Crippen molar-refractivity contribution in [1.29, 1.82) is 0 Å². The van der Waals surface area contributed by atoms with Gasteiger partial charge in [-0.05, 0) is 11.8 Å². The average Bonchev–Trinajstić information content (AvgIpc) is 2.55. The molecule has 1 rings (SSSR count). The van der Waals surface area contributed by atoms with Gasteiger partial charge in [0.15, 0.2) is 0 Å². The van der Waals surface area contributed by atoms with Crippen LogP contribution in [-0.4, -0.2) is 59.0 Å². The molecule has 1 heterocycles. The summed E-state index contributed by atoms with van der Waals surface area (Å²) in [4.78, 5) is 36.1. The van der Waals surface area contributed by atoms with Crippen molar-refractivity contribution in [1.82, 2.24) is 9.80 Å². The maximum Gasteiger partial charge on any atom is 0.323 e. The molecule has 0 unspecified atom stereocenters. The van der Waals surface area contributed by atoms with Gasteiger partial charge in [0.25, 0.3) is 0 Å². The summed E-state index contributed by atoms with van der Waals surface area (Å²) in [6, 6.07) is -0.443. The monoisotopic (exact) mass is 257 g/mol. The zero-order valence-electron chi connectivity index (χ0n) is 10.7. The highest BCUT2D eigenvalue weighted by molar-refractivity contribution is 5.86. The predicted octanol–water partition coefficient (Wildman–Crippen LogP) is -0.290. The SMILES string of the molecule is CC1(C)CCN(C(=O)N(CC(N)=O)CC(=O)O)C1. The van der Waals surface area contributed by atoms with E-state index in [2.05, 4.69) is 0 Å². The Bertz CT molecular complexity index is 351. The number of carbonyl (C=O) groups excluding carboxylic acids is 2. The molecular formula is C11H19N3O4. The fourth-order valence-corrected chi connectivity index (χ4v) is 2.02. The number of likely N-dealkylation sites (tertiary alicyclic amines) is 1. The van der Waals surface area contributed by atoms with Gasteiger partial charge in [-0.2, -0.15) is 0 Å². The van der Waals surface area contributed by atoms with Gasteiger partial charge in [-0.25, -0.2) is 4.79 Å². The van der Waals surface area contributed by atoms with E-state index in [0.29, 0.717) is 13.1 Å². The predicted molar refractivity (Wildman–Crippen MR) is 63.8 cm³/mol. The summed E-state index contributed by atoms with van der Waals surface area (Å²) in [5, 5.41) is 8.73. The molecule has 7 nitrogen and oxygen atoms in total. The normalized spacial score (nSPS) is 17.6. The third-order valence-electron chi connectivity index (χ3n) is 2.89. The molecule has 0 radical (unpaired) electrons. The lowest BCUT2D eigenvalue weighted by atomic mass is 9.93. The molecule has 3 N–H and O–H groups in total. The largest absolute Gasteiger partial charge is 0.480 e. The second-order valence-corrected chi connectivity index (χ2v) is 5.33. The number of amides is 3. The maximum atomic E-state index is 12.1. The van der Waals surface area contributed by atoms with Crippen molar-refractivity contribution in [3.63, 3.8) is 0 Å². The van der Waals surface area contributed by atoms with Crippen molar-refractivity contribution in [3.8, 4) is 0 Å². The molecule has 0 aliphatic carbocycles. The first kappa shape index (κ1) is 14.3. The standard InChI is InChI=1S/C11H19N3O4/c1-11(2)3-4-13(7-11)10(18)14(5-8(12)15)6-9(16)17/h3-7H2,1-2H3,(H2,12,15)(H,16,17). The molecule has 0 bridgehead atoms. The van der Waals surface area contributed by atoms with E-state index in [-0.39, 0.29) is 12.0 Å². The topological polar surface area (TPSA) is 104 Å². The van der Waals surface area contributed by atoms with Gasteiger partial charge in [-0.1, -0.05) is 13.8 Å². The second-order valence-electron chi connectivity index (χ2n) is 5.33. The third kappa shape index (κ3) is 3.90. The minimum Gasteiger partial charge on any atom is -0.480 e. The highest BCUT2D eigenvalue weighted by atomic mass is 16.4. The molecule has 7 heteroatoms. The number of carboxylic acids is 1. The number of rotatable bonds is 4. The van der Waals surface area contributed by atoms with Crippen LogP contribution in [0.5, 0.6) is 0 Å². The number of nitrogens with zero attached hydrogens (tertiary/aromatic N) is 2. The number of carbonyl (C=O) groups is 3. The van der Waals surface area contributed by atoms with E-state index in [1.54, 1.807) is 4.90 Å². The van der Waals surface area contributed by atoms with E-state index in [0.717, 1.165) is 11.3 Å². The van der Waals surface area contributed by atoms with Crippen LogP contribution in [0.25, 0.3) is 0 Å². The Morgan fingerprint density at radius 1 is 1.33 bits per heavy atom. The van der Waals surface area contributed by atoms with Crippen LogP contribution in [0.15, 0.2) is 0 Å². The Kier molecular flexibility index (Phi) is 4.15. The van der Waals surface area contributed by atoms with E-state index in [9.17, 15) is 14.4 Å². The number of primary amides is 1. The Morgan fingerprint density at radius 2 is 1.94 bits per heavy atom. The summed E-state index contributed by atoms with van der Waals surface area (Å²) in [7, 11) is 0.